The molecule has 27 heavy (non-hydrogen) atoms. The quantitative estimate of drug-likeness (QED) is 0.510. The van der Waals surface area contributed by atoms with E-state index in [4.69, 9.17) is 0 Å². The average molecular weight is 405 g/mol. The van der Waals surface area contributed by atoms with Crippen molar-refractivity contribution in [1.29, 1.82) is 0 Å². The molecule has 0 radical (unpaired) electrons. The highest BCUT2D eigenvalue weighted by Gasteiger charge is 2.21. The third-order valence-electron chi connectivity index (χ3n) is 4.51. The topological polar surface area (TPSA) is 101 Å². The molecule has 2 N–H and O–H groups in total. The van der Waals surface area contributed by atoms with E-state index in [1.54, 1.807) is 31.5 Å². The molecule has 0 saturated carbocycles. The molecule has 0 saturated heterocycles. The van der Waals surface area contributed by atoms with Crippen LogP contribution in [-0.4, -0.2) is 37.1 Å². The van der Waals surface area contributed by atoms with Crippen LogP contribution in [0.5, 0.6) is 0 Å². The van der Waals surface area contributed by atoms with Crippen LogP contribution >= 0.6 is 23.1 Å². The molecule has 0 bridgehead atoms. The Hall–Kier alpha value is -2.20. The Bertz CT molecular complexity index is 1030. The fraction of sp³-hybridized carbons (Fsp3) is 0.471. The number of thioether (sulfide) groups is 1. The Morgan fingerprint density at radius 2 is 2.07 bits per heavy atom. The standard InChI is InChI=1S/C17H20N6O2S2/c1-9(2)15(25)21-19-12(24)7-26-17-22-20-14-13-10-5-3-4-6-11(10)27-16(13)18-8-23(14)17/h8-9H,3-7H2,1-2H3,(H,19,24)(H,21,25). The third-order valence-corrected chi connectivity index (χ3v) is 6.66. The zero-order valence-electron chi connectivity index (χ0n) is 15.1. The van der Waals surface area contributed by atoms with Gasteiger partial charge in [0.25, 0.3) is 0 Å². The number of hydrogen-bond acceptors (Lipinski definition) is 7. The first-order valence-electron chi connectivity index (χ1n) is 8.90. The maximum absolute atomic E-state index is 11.9. The third kappa shape index (κ3) is 3.51. The van der Waals surface area contributed by atoms with E-state index in [-0.39, 0.29) is 23.5 Å². The first-order chi connectivity index (χ1) is 13.0. The number of aromatic nitrogens is 4. The number of hydrazine groups is 1. The summed E-state index contributed by atoms with van der Waals surface area (Å²) in [7, 11) is 0. The summed E-state index contributed by atoms with van der Waals surface area (Å²) in [4.78, 5) is 30.5. The van der Waals surface area contributed by atoms with E-state index in [1.807, 2.05) is 4.40 Å². The van der Waals surface area contributed by atoms with E-state index in [0.717, 1.165) is 28.7 Å². The van der Waals surface area contributed by atoms with Crippen molar-refractivity contribution in [2.45, 2.75) is 44.7 Å². The molecule has 0 unspecified atom stereocenters. The molecule has 1 aliphatic rings. The summed E-state index contributed by atoms with van der Waals surface area (Å²) in [6.45, 7) is 3.52. The summed E-state index contributed by atoms with van der Waals surface area (Å²) in [5, 5.41) is 10.3. The minimum Gasteiger partial charge on any atom is -0.273 e. The van der Waals surface area contributed by atoms with E-state index in [1.165, 1.54) is 35.0 Å². The summed E-state index contributed by atoms with van der Waals surface area (Å²) >= 11 is 3.01. The van der Waals surface area contributed by atoms with Gasteiger partial charge in [-0.05, 0) is 31.2 Å². The van der Waals surface area contributed by atoms with E-state index in [2.05, 4.69) is 26.0 Å². The molecule has 0 fully saturated rings. The largest absolute Gasteiger partial charge is 0.273 e. The van der Waals surface area contributed by atoms with Gasteiger partial charge in [-0.15, -0.1) is 21.5 Å². The lowest BCUT2D eigenvalue weighted by atomic mass is 9.97. The number of nitrogens with one attached hydrogen (secondary N) is 2. The molecule has 3 aromatic rings. The van der Waals surface area contributed by atoms with Crippen molar-refractivity contribution < 1.29 is 9.59 Å². The van der Waals surface area contributed by atoms with Crippen LogP contribution in [0, 0.1) is 5.92 Å². The lowest BCUT2D eigenvalue weighted by Gasteiger charge is -2.10. The Morgan fingerprint density at radius 3 is 2.89 bits per heavy atom. The SMILES string of the molecule is CC(C)C(=O)NNC(=O)CSc1nnc2c3c4c(sc3ncn12)CCCC4. The maximum Gasteiger partial charge on any atom is 0.248 e. The van der Waals surface area contributed by atoms with Crippen LogP contribution in [-0.2, 0) is 22.4 Å². The van der Waals surface area contributed by atoms with Gasteiger partial charge in [-0.3, -0.25) is 24.8 Å². The second kappa shape index (κ2) is 7.43. The van der Waals surface area contributed by atoms with Crippen LogP contribution in [0.1, 0.15) is 37.1 Å². The van der Waals surface area contributed by atoms with Crippen molar-refractivity contribution >= 4 is 50.8 Å². The van der Waals surface area contributed by atoms with Crippen LogP contribution in [0.3, 0.4) is 0 Å². The smallest absolute Gasteiger partial charge is 0.248 e. The summed E-state index contributed by atoms with van der Waals surface area (Å²) in [6.07, 6.45) is 6.31. The predicted molar refractivity (Wildman–Crippen MR) is 105 cm³/mol. The molecule has 8 nitrogen and oxygen atoms in total. The number of rotatable bonds is 4. The normalized spacial score (nSPS) is 13.9. The molecule has 142 valence electrons. The van der Waals surface area contributed by atoms with Crippen LogP contribution < -0.4 is 10.9 Å². The number of thiophene rings is 1. The zero-order valence-corrected chi connectivity index (χ0v) is 16.7. The van der Waals surface area contributed by atoms with Crippen LogP contribution in [0.25, 0.3) is 15.9 Å². The first kappa shape index (κ1) is 18.2. The monoisotopic (exact) mass is 404 g/mol. The number of hydrogen-bond donors (Lipinski definition) is 2. The van der Waals surface area contributed by atoms with Crippen LogP contribution in [0.4, 0.5) is 0 Å². The van der Waals surface area contributed by atoms with E-state index in [0.29, 0.717) is 5.16 Å². The fourth-order valence-electron chi connectivity index (χ4n) is 3.08. The molecule has 4 rings (SSSR count). The van der Waals surface area contributed by atoms with Gasteiger partial charge in [-0.1, -0.05) is 25.6 Å². The first-order valence-corrected chi connectivity index (χ1v) is 10.7. The molecule has 0 aromatic carbocycles. The Morgan fingerprint density at radius 1 is 1.26 bits per heavy atom. The Kier molecular flexibility index (Phi) is 5.00. The molecule has 1 aliphatic carbocycles. The second-order valence-electron chi connectivity index (χ2n) is 6.79. The maximum atomic E-state index is 11.9. The van der Waals surface area contributed by atoms with Crippen molar-refractivity contribution in [3.63, 3.8) is 0 Å². The van der Waals surface area contributed by atoms with Crippen molar-refractivity contribution in [3.05, 3.63) is 16.8 Å². The Balaban J connectivity index is 1.52. The molecule has 0 aliphatic heterocycles. The van der Waals surface area contributed by atoms with Crippen molar-refractivity contribution in [3.8, 4) is 0 Å². The highest BCUT2D eigenvalue weighted by molar-refractivity contribution is 7.99. The predicted octanol–water partition coefficient (Wildman–Crippen LogP) is 2.11. The minimum absolute atomic E-state index is 0.124. The lowest BCUT2D eigenvalue weighted by molar-refractivity contribution is -0.129. The van der Waals surface area contributed by atoms with Gasteiger partial charge in [-0.2, -0.15) is 0 Å². The van der Waals surface area contributed by atoms with Crippen LogP contribution in [0.15, 0.2) is 11.5 Å². The van der Waals surface area contributed by atoms with Gasteiger partial charge >= 0.3 is 0 Å². The van der Waals surface area contributed by atoms with Gasteiger partial charge in [0.05, 0.1) is 11.1 Å². The molecule has 2 amide bonds. The number of fused-ring (bicyclic) bond motifs is 5. The summed E-state index contributed by atoms with van der Waals surface area (Å²) < 4.78 is 1.84. The molecule has 10 heteroatoms. The van der Waals surface area contributed by atoms with Crippen molar-refractivity contribution in [1.82, 2.24) is 30.4 Å². The molecule has 0 atom stereocenters. The zero-order chi connectivity index (χ0) is 19.0. The van der Waals surface area contributed by atoms with Gasteiger partial charge < -0.3 is 0 Å². The van der Waals surface area contributed by atoms with E-state index >= 15 is 0 Å². The molecule has 0 spiro atoms. The van der Waals surface area contributed by atoms with Gasteiger partial charge in [-0.25, -0.2) is 4.98 Å². The minimum atomic E-state index is -0.298. The second-order valence-corrected chi connectivity index (χ2v) is 8.82. The van der Waals surface area contributed by atoms with Crippen LogP contribution in [0.2, 0.25) is 0 Å². The number of nitrogens with zero attached hydrogens (tertiary/aromatic N) is 4. The number of carbonyl (C=O) groups excluding carboxylic acids is 2. The van der Waals surface area contributed by atoms with Gasteiger partial charge in [0, 0.05) is 10.8 Å². The highest BCUT2D eigenvalue weighted by atomic mass is 32.2. The summed E-state index contributed by atoms with van der Waals surface area (Å²) in [6, 6.07) is 0. The number of amides is 2. The fourth-order valence-corrected chi connectivity index (χ4v) is 5.00. The van der Waals surface area contributed by atoms with Crippen molar-refractivity contribution in [2.75, 3.05) is 5.75 Å². The number of carbonyl (C=O) groups is 2. The molecular weight excluding hydrogens is 384 g/mol. The van der Waals surface area contributed by atoms with E-state index < -0.39 is 0 Å². The van der Waals surface area contributed by atoms with Gasteiger partial charge in [0.2, 0.25) is 11.8 Å². The highest BCUT2D eigenvalue weighted by Crippen LogP contribution is 2.37. The van der Waals surface area contributed by atoms with Gasteiger partial charge in [0.15, 0.2) is 10.8 Å². The number of aryl methyl sites for hydroxylation is 2. The van der Waals surface area contributed by atoms with Gasteiger partial charge in [0.1, 0.15) is 11.2 Å². The average Bonchev–Trinajstić information content (AvgIpc) is 3.24. The summed E-state index contributed by atoms with van der Waals surface area (Å²) in [5.41, 5.74) is 6.97. The van der Waals surface area contributed by atoms with E-state index in [9.17, 15) is 9.59 Å². The molecular formula is C17H20N6O2S2. The molecule has 3 aromatic heterocycles. The Labute approximate surface area is 164 Å². The lowest BCUT2D eigenvalue weighted by Crippen LogP contribution is -2.44. The van der Waals surface area contributed by atoms with Crippen molar-refractivity contribution in [2.24, 2.45) is 5.92 Å². The summed E-state index contributed by atoms with van der Waals surface area (Å²) in [5.74, 6) is -0.593. The molecule has 3 heterocycles.